The van der Waals surface area contributed by atoms with Gasteiger partial charge in [0.1, 0.15) is 0 Å². The van der Waals surface area contributed by atoms with Gasteiger partial charge in [-0.25, -0.2) is 0 Å². The molecule has 1 amide bonds. The monoisotopic (exact) mass is 399 g/mol. The number of amides is 1. The maximum Gasteiger partial charge on any atom is 0.244 e. The molecule has 1 atom stereocenters. The second-order valence-electron chi connectivity index (χ2n) is 8.30. The number of nitrogens with zero attached hydrogens (tertiary/aromatic N) is 5. The zero-order valence-electron chi connectivity index (χ0n) is 18.2. The van der Waals surface area contributed by atoms with E-state index < -0.39 is 0 Å². The molecule has 1 aliphatic heterocycles. The van der Waals surface area contributed by atoms with Crippen molar-refractivity contribution in [2.45, 2.75) is 52.7 Å². The first-order chi connectivity index (χ1) is 13.9. The topological polar surface area (TPSA) is 65.7 Å². The number of benzene rings is 1. The molecule has 158 valence electrons. The molecule has 1 fully saturated rings. The third-order valence-corrected chi connectivity index (χ3v) is 5.55. The van der Waals surface area contributed by atoms with Crippen molar-refractivity contribution >= 4 is 5.91 Å². The van der Waals surface area contributed by atoms with Gasteiger partial charge in [-0.05, 0) is 34.6 Å². The van der Waals surface area contributed by atoms with Gasteiger partial charge in [0.25, 0.3) is 0 Å². The Kier molecular flexibility index (Phi) is 7.03. The summed E-state index contributed by atoms with van der Waals surface area (Å²) in [6, 6.07) is 10.4. The predicted octanol–water partition coefficient (Wildman–Crippen LogP) is 3.06. The van der Waals surface area contributed by atoms with Crippen LogP contribution in [0.3, 0.4) is 0 Å². The molecule has 0 spiro atoms. The Morgan fingerprint density at radius 3 is 2.24 bits per heavy atom. The Hall–Kier alpha value is -2.25. The van der Waals surface area contributed by atoms with Crippen LogP contribution in [0.5, 0.6) is 0 Å². The number of rotatable bonds is 7. The number of carbonyl (C=O) groups is 1. The van der Waals surface area contributed by atoms with E-state index in [0.717, 1.165) is 31.7 Å². The lowest BCUT2D eigenvalue weighted by Crippen LogP contribution is -2.52. The second kappa shape index (κ2) is 9.50. The van der Waals surface area contributed by atoms with Crippen LogP contribution in [0.2, 0.25) is 0 Å². The van der Waals surface area contributed by atoms with E-state index in [1.165, 1.54) is 0 Å². The highest BCUT2D eigenvalue weighted by molar-refractivity contribution is 5.78. The van der Waals surface area contributed by atoms with E-state index in [2.05, 4.69) is 54.6 Å². The smallest absolute Gasteiger partial charge is 0.244 e. The first-order valence-electron chi connectivity index (χ1n) is 10.5. The first-order valence-corrected chi connectivity index (χ1v) is 10.5. The zero-order chi connectivity index (χ0) is 21.0. The van der Waals surface area contributed by atoms with Crippen molar-refractivity contribution < 1.29 is 9.32 Å². The Balaban J connectivity index is 1.54. The predicted molar refractivity (Wildman–Crippen MR) is 113 cm³/mol. The zero-order valence-corrected chi connectivity index (χ0v) is 18.2. The van der Waals surface area contributed by atoms with Gasteiger partial charge in [-0.15, -0.1) is 0 Å². The van der Waals surface area contributed by atoms with Gasteiger partial charge in [-0.3, -0.25) is 14.6 Å². The van der Waals surface area contributed by atoms with Crippen LogP contribution in [0.25, 0.3) is 11.4 Å². The minimum Gasteiger partial charge on any atom is -0.337 e. The van der Waals surface area contributed by atoms with Gasteiger partial charge < -0.3 is 9.42 Å². The summed E-state index contributed by atoms with van der Waals surface area (Å²) in [7, 11) is 0. The lowest BCUT2D eigenvalue weighted by atomic mass is 10.2. The Bertz CT molecular complexity index is 774. The van der Waals surface area contributed by atoms with Crippen molar-refractivity contribution in [3.8, 4) is 11.4 Å². The number of hydrogen-bond donors (Lipinski definition) is 0. The third kappa shape index (κ3) is 5.22. The highest BCUT2D eigenvalue weighted by atomic mass is 16.5. The quantitative estimate of drug-likeness (QED) is 0.713. The van der Waals surface area contributed by atoms with Gasteiger partial charge in [-0.1, -0.05) is 35.5 Å². The number of carbonyl (C=O) groups excluding carboxylic acids is 1. The molecule has 7 nitrogen and oxygen atoms in total. The van der Waals surface area contributed by atoms with E-state index in [9.17, 15) is 4.79 Å². The van der Waals surface area contributed by atoms with Gasteiger partial charge >= 0.3 is 0 Å². The summed E-state index contributed by atoms with van der Waals surface area (Å²) in [6.45, 7) is 14.4. The van der Waals surface area contributed by atoms with Gasteiger partial charge in [-0.2, -0.15) is 4.98 Å². The molecule has 29 heavy (non-hydrogen) atoms. The van der Waals surface area contributed by atoms with Crippen LogP contribution in [0.15, 0.2) is 34.9 Å². The molecule has 7 heteroatoms. The van der Waals surface area contributed by atoms with E-state index in [1.54, 1.807) is 0 Å². The van der Waals surface area contributed by atoms with Crippen LogP contribution in [0.4, 0.5) is 0 Å². The SMILES string of the molecule is CC(c1nc(-c2ccccc2)no1)N1CCN(CC(=O)N(C(C)C)C(C)C)CC1. The summed E-state index contributed by atoms with van der Waals surface area (Å²) in [4.78, 5) is 23.8. The van der Waals surface area contributed by atoms with Crippen molar-refractivity contribution in [1.29, 1.82) is 0 Å². The summed E-state index contributed by atoms with van der Waals surface area (Å²) < 4.78 is 5.53. The van der Waals surface area contributed by atoms with Crippen LogP contribution >= 0.6 is 0 Å². The fraction of sp³-hybridized carbons (Fsp3) is 0.591. The normalized spacial score (nSPS) is 17.1. The summed E-state index contributed by atoms with van der Waals surface area (Å²) in [5, 5.41) is 4.14. The van der Waals surface area contributed by atoms with Gasteiger partial charge in [0.15, 0.2) is 0 Å². The van der Waals surface area contributed by atoms with E-state index in [4.69, 9.17) is 4.52 Å². The molecule has 0 N–H and O–H groups in total. The molecule has 1 unspecified atom stereocenters. The molecule has 0 bridgehead atoms. The molecule has 1 saturated heterocycles. The second-order valence-corrected chi connectivity index (χ2v) is 8.30. The summed E-state index contributed by atoms with van der Waals surface area (Å²) >= 11 is 0. The minimum absolute atomic E-state index is 0.0561. The summed E-state index contributed by atoms with van der Waals surface area (Å²) in [5.74, 6) is 1.47. The largest absolute Gasteiger partial charge is 0.337 e. The van der Waals surface area contributed by atoms with Crippen LogP contribution in [0, 0.1) is 0 Å². The molecule has 1 aromatic heterocycles. The molecule has 2 heterocycles. The van der Waals surface area contributed by atoms with Crippen molar-refractivity contribution in [3.05, 3.63) is 36.2 Å². The number of aromatic nitrogens is 2. The van der Waals surface area contributed by atoms with Gasteiger partial charge in [0.05, 0.1) is 12.6 Å². The van der Waals surface area contributed by atoms with Crippen LogP contribution in [-0.2, 0) is 4.79 Å². The Morgan fingerprint density at radius 2 is 1.66 bits per heavy atom. The molecular weight excluding hydrogens is 366 g/mol. The average Bonchev–Trinajstić information content (AvgIpc) is 3.18. The highest BCUT2D eigenvalue weighted by Crippen LogP contribution is 2.23. The fourth-order valence-electron chi connectivity index (χ4n) is 4.02. The molecule has 1 aliphatic rings. The summed E-state index contributed by atoms with van der Waals surface area (Å²) in [6.07, 6.45) is 0. The van der Waals surface area contributed by atoms with Gasteiger partial charge in [0.2, 0.25) is 17.6 Å². The van der Waals surface area contributed by atoms with Crippen molar-refractivity contribution in [1.82, 2.24) is 24.8 Å². The van der Waals surface area contributed by atoms with E-state index in [-0.39, 0.29) is 24.0 Å². The fourth-order valence-corrected chi connectivity index (χ4v) is 4.02. The lowest BCUT2D eigenvalue weighted by molar-refractivity contribution is -0.136. The molecule has 2 aromatic rings. The maximum absolute atomic E-state index is 12.7. The Labute approximate surface area is 173 Å². The van der Waals surface area contributed by atoms with Crippen LogP contribution in [-0.4, -0.2) is 75.6 Å². The molecule has 0 aliphatic carbocycles. The van der Waals surface area contributed by atoms with Crippen LogP contribution in [0.1, 0.15) is 46.6 Å². The van der Waals surface area contributed by atoms with E-state index in [0.29, 0.717) is 18.3 Å². The molecule has 0 saturated carbocycles. The first kappa shape index (κ1) is 21.5. The number of piperazine rings is 1. The standard InChI is InChI=1S/C22H33N5O2/c1-16(2)27(17(3)4)20(28)15-25-11-13-26(14-12-25)18(5)22-23-21(24-29-22)19-9-7-6-8-10-19/h6-10,16-18H,11-15H2,1-5H3. The molecule has 1 aromatic carbocycles. The number of hydrogen-bond acceptors (Lipinski definition) is 6. The summed E-state index contributed by atoms with van der Waals surface area (Å²) in [5.41, 5.74) is 0.956. The Morgan fingerprint density at radius 1 is 1.03 bits per heavy atom. The average molecular weight is 400 g/mol. The molecule has 0 radical (unpaired) electrons. The minimum atomic E-state index is 0.0561. The van der Waals surface area contributed by atoms with Crippen LogP contribution < -0.4 is 0 Å². The molecular formula is C22H33N5O2. The van der Waals surface area contributed by atoms with Crippen molar-refractivity contribution in [2.24, 2.45) is 0 Å². The van der Waals surface area contributed by atoms with E-state index in [1.807, 2.05) is 35.2 Å². The van der Waals surface area contributed by atoms with E-state index >= 15 is 0 Å². The van der Waals surface area contributed by atoms with Crippen molar-refractivity contribution in [2.75, 3.05) is 32.7 Å². The third-order valence-electron chi connectivity index (χ3n) is 5.55. The van der Waals surface area contributed by atoms with Gasteiger partial charge in [0, 0.05) is 43.8 Å². The highest BCUT2D eigenvalue weighted by Gasteiger charge is 2.28. The lowest BCUT2D eigenvalue weighted by Gasteiger charge is -2.38. The molecule has 3 rings (SSSR count). The maximum atomic E-state index is 12.7. The van der Waals surface area contributed by atoms with Crippen molar-refractivity contribution in [3.63, 3.8) is 0 Å².